The molecule has 1 rings (SSSR count). The van der Waals surface area contributed by atoms with Crippen LogP contribution in [0.3, 0.4) is 0 Å². The predicted molar refractivity (Wildman–Crippen MR) is 65.2 cm³/mol. The standard InChI is InChI=1S/C10H15ClN4O/c1-10(2,4-8(13)16)15-9-7(11)3-6(12)5-14-9/h3,5H,4,12H2,1-2H3,(H2,13,16)(H,14,15). The molecule has 5 nitrogen and oxygen atoms in total. The Hall–Kier alpha value is -1.49. The van der Waals surface area contributed by atoms with Gasteiger partial charge in [-0.05, 0) is 19.9 Å². The number of hydrogen-bond acceptors (Lipinski definition) is 4. The third kappa shape index (κ3) is 3.58. The van der Waals surface area contributed by atoms with Gasteiger partial charge < -0.3 is 16.8 Å². The van der Waals surface area contributed by atoms with Crippen molar-refractivity contribution in [2.45, 2.75) is 25.8 Å². The Morgan fingerprint density at radius 2 is 2.25 bits per heavy atom. The Morgan fingerprint density at radius 3 is 2.75 bits per heavy atom. The lowest BCUT2D eigenvalue weighted by molar-refractivity contribution is -0.118. The van der Waals surface area contributed by atoms with Gasteiger partial charge in [-0.3, -0.25) is 4.79 Å². The molecule has 0 bridgehead atoms. The smallest absolute Gasteiger partial charge is 0.219 e. The number of carbonyl (C=O) groups excluding carboxylic acids is 1. The van der Waals surface area contributed by atoms with Gasteiger partial charge in [-0.2, -0.15) is 0 Å². The van der Waals surface area contributed by atoms with Gasteiger partial charge in [0.25, 0.3) is 0 Å². The number of amides is 1. The van der Waals surface area contributed by atoms with Gasteiger partial charge in [0.05, 0.1) is 16.9 Å². The Morgan fingerprint density at radius 1 is 1.62 bits per heavy atom. The zero-order valence-electron chi connectivity index (χ0n) is 9.25. The fourth-order valence-corrected chi connectivity index (χ4v) is 1.57. The molecule has 1 heterocycles. The number of nitrogen functional groups attached to an aromatic ring is 1. The summed E-state index contributed by atoms with van der Waals surface area (Å²) in [7, 11) is 0. The number of primary amides is 1. The molecule has 0 saturated carbocycles. The van der Waals surface area contributed by atoms with E-state index in [1.54, 1.807) is 6.07 Å². The first-order valence-corrected chi connectivity index (χ1v) is 5.15. The predicted octanol–water partition coefficient (Wildman–Crippen LogP) is 1.38. The maximum Gasteiger partial charge on any atom is 0.219 e. The zero-order chi connectivity index (χ0) is 12.3. The summed E-state index contributed by atoms with van der Waals surface area (Å²) in [5.74, 6) is 0.103. The number of nitrogens with one attached hydrogen (secondary N) is 1. The molecule has 0 aliphatic carbocycles. The number of nitrogens with zero attached hydrogens (tertiary/aromatic N) is 1. The fourth-order valence-electron chi connectivity index (χ4n) is 1.34. The Bertz CT molecular complexity index is 406. The molecular weight excluding hydrogens is 228 g/mol. The summed E-state index contributed by atoms with van der Waals surface area (Å²) in [4.78, 5) is 14.9. The van der Waals surface area contributed by atoms with E-state index in [1.807, 2.05) is 13.8 Å². The first-order chi connectivity index (χ1) is 7.30. The highest BCUT2D eigenvalue weighted by Crippen LogP contribution is 2.25. The quantitative estimate of drug-likeness (QED) is 0.744. The first kappa shape index (κ1) is 12.6. The van der Waals surface area contributed by atoms with E-state index in [9.17, 15) is 4.79 Å². The molecule has 0 aliphatic rings. The monoisotopic (exact) mass is 242 g/mol. The van der Waals surface area contributed by atoms with Gasteiger partial charge in [-0.1, -0.05) is 11.6 Å². The molecule has 0 spiro atoms. The molecule has 1 aromatic rings. The van der Waals surface area contributed by atoms with Crippen molar-refractivity contribution in [3.63, 3.8) is 0 Å². The molecule has 0 unspecified atom stereocenters. The summed E-state index contributed by atoms with van der Waals surface area (Å²) < 4.78 is 0. The zero-order valence-corrected chi connectivity index (χ0v) is 10.0. The minimum atomic E-state index is -0.501. The summed E-state index contributed by atoms with van der Waals surface area (Å²) >= 11 is 5.95. The lowest BCUT2D eigenvalue weighted by Crippen LogP contribution is -2.36. The van der Waals surface area contributed by atoms with Crippen molar-refractivity contribution in [2.75, 3.05) is 11.1 Å². The summed E-state index contributed by atoms with van der Waals surface area (Å²) in [6.07, 6.45) is 1.68. The van der Waals surface area contributed by atoms with Crippen molar-refractivity contribution in [1.29, 1.82) is 0 Å². The van der Waals surface area contributed by atoms with Crippen LogP contribution in [0.2, 0.25) is 5.02 Å². The minimum Gasteiger partial charge on any atom is -0.397 e. The average Bonchev–Trinajstić information content (AvgIpc) is 2.07. The summed E-state index contributed by atoms with van der Waals surface area (Å²) in [5, 5.41) is 3.46. The topological polar surface area (TPSA) is 94.0 Å². The van der Waals surface area contributed by atoms with Crippen LogP contribution in [0.25, 0.3) is 0 Å². The van der Waals surface area contributed by atoms with Crippen LogP contribution in [0.5, 0.6) is 0 Å². The van der Waals surface area contributed by atoms with E-state index in [-0.39, 0.29) is 12.3 Å². The van der Waals surface area contributed by atoms with Crippen molar-refractivity contribution >= 4 is 29.0 Å². The van der Waals surface area contributed by atoms with Crippen LogP contribution in [0, 0.1) is 0 Å². The number of aromatic nitrogens is 1. The van der Waals surface area contributed by atoms with Crippen LogP contribution >= 0.6 is 11.6 Å². The number of hydrogen-bond donors (Lipinski definition) is 3. The number of rotatable bonds is 4. The number of nitrogens with two attached hydrogens (primary N) is 2. The summed E-state index contributed by atoms with van der Waals surface area (Å²) in [5.41, 5.74) is 10.7. The van der Waals surface area contributed by atoms with Crippen LogP contribution in [0.15, 0.2) is 12.3 Å². The van der Waals surface area contributed by atoms with E-state index < -0.39 is 5.54 Å². The second kappa shape index (κ2) is 4.57. The van der Waals surface area contributed by atoms with E-state index in [4.69, 9.17) is 23.1 Å². The van der Waals surface area contributed by atoms with Crippen LogP contribution in [0.1, 0.15) is 20.3 Å². The molecule has 0 fully saturated rings. The van der Waals surface area contributed by atoms with Gasteiger partial charge in [-0.25, -0.2) is 4.98 Å². The molecule has 0 radical (unpaired) electrons. The lowest BCUT2D eigenvalue weighted by atomic mass is 10.0. The Kier molecular flexibility index (Phi) is 3.59. The van der Waals surface area contributed by atoms with E-state index in [0.717, 1.165) is 0 Å². The molecule has 5 N–H and O–H groups in total. The van der Waals surface area contributed by atoms with Crippen LogP contribution in [-0.2, 0) is 4.79 Å². The van der Waals surface area contributed by atoms with Gasteiger partial charge in [0.2, 0.25) is 5.91 Å². The lowest BCUT2D eigenvalue weighted by Gasteiger charge is -2.25. The average molecular weight is 243 g/mol. The maximum atomic E-state index is 10.9. The van der Waals surface area contributed by atoms with Crippen molar-refractivity contribution in [3.8, 4) is 0 Å². The van der Waals surface area contributed by atoms with Gasteiger partial charge in [0.1, 0.15) is 5.82 Å². The second-order valence-electron chi connectivity index (χ2n) is 4.25. The molecule has 1 amide bonds. The Balaban J connectivity index is 2.83. The normalized spacial score (nSPS) is 11.2. The highest BCUT2D eigenvalue weighted by molar-refractivity contribution is 6.33. The fraction of sp³-hybridized carbons (Fsp3) is 0.400. The van der Waals surface area contributed by atoms with Crippen LogP contribution in [0.4, 0.5) is 11.5 Å². The van der Waals surface area contributed by atoms with Crippen LogP contribution < -0.4 is 16.8 Å². The van der Waals surface area contributed by atoms with Crippen molar-refractivity contribution < 1.29 is 4.79 Å². The molecule has 1 aromatic heterocycles. The third-order valence-corrected chi connectivity index (χ3v) is 2.22. The van der Waals surface area contributed by atoms with E-state index in [1.165, 1.54) is 6.20 Å². The van der Waals surface area contributed by atoms with Crippen molar-refractivity contribution in [3.05, 3.63) is 17.3 Å². The largest absolute Gasteiger partial charge is 0.397 e. The summed E-state index contributed by atoms with van der Waals surface area (Å²) in [6, 6.07) is 1.59. The number of anilines is 2. The second-order valence-corrected chi connectivity index (χ2v) is 4.66. The third-order valence-electron chi connectivity index (χ3n) is 1.94. The molecule has 0 atom stereocenters. The van der Waals surface area contributed by atoms with E-state index >= 15 is 0 Å². The highest BCUT2D eigenvalue weighted by atomic mass is 35.5. The number of carbonyl (C=O) groups is 1. The molecule has 0 aliphatic heterocycles. The van der Waals surface area contributed by atoms with Gasteiger partial charge >= 0.3 is 0 Å². The van der Waals surface area contributed by atoms with Gasteiger partial charge in [0, 0.05) is 12.0 Å². The summed E-state index contributed by atoms with van der Waals surface area (Å²) in [6.45, 7) is 3.68. The van der Waals surface area contributed by atoms with Gasteiger partial charge in [-0.15, -0.1) is 0 Å². The van der Waals surface area contributed by atoms with E-state index in [0.29, 0.717) is 16.5 Å². The molecule has 88 valence electrons. The SMILES string of the molecule is CC(C)(CC(N)=O)Nc1ncc(N)cc1Cl. The first-order valence-electron chi connectivity index (χ1n) is 4.78. The molecule has 16 heavy (non-hydrogen) atoms. The Labute approximate surface area is 99.2 Å². The number of pyridine rings is 1. The molecular formula is C10H15ClN4O. The van der Waals surface area contributed by atoms with Gasteiger partial charge in [0.15, 0.2) is 0 Å². The highest BCUT2D eigenvalue weighted by Gasteiger charge is 2.21. The van der Waals surface area contributed by atoms with E-state index in [2.05, 4.69) is 10.3 Å². The molecule has 6 heteroatoms. The van der Waals surface area contributed by atoms with Crippen LogP contribution in [-0.4, -0.2) is 16.4 Å². The van der Waals surface area contributed by atoms with Crippen molar-refractivity contribution in [2.24, 2.45) is 5.73 Å². The molecule has 0 saturated heterocycles. The number of halogens is 1. The molecule has 0 aromatic carbocycles. The maximum absolute atomic E-state index is 10.9. The minimum absolute atomic E-state index is 0.190. The van der Waals surface area contributed by atoms with Crippen molar-refractivity contribution in [1.82, 2.24) is 4.98 Å².